The van der Waals surface area contributed by atoms with E-state index >= 15 is 0 Å². The number of aromatic nitrogens is 4. The van der Waals surface area contributed by atoms with Gasteiger partial charge in [-0.2, -0.15) is 5.10 Å². The number of ether oxygens (including phenoxy) is 1. The van der Waals surface area contributed by atoms with Crippen LogP contribution in [0.3, 0.4) is 0 Å². The van der Waals surface area contributed by atoms with Gasteiger partial charge in [-0.1, -0.05) is 0 Å². The number of nitrogens with zero attached hydrogens (tertiary/aromatic N) is 5. The summed E-state index contributed by atoms with van der Waals surface area (Å²) in [5, 5.41) is 4.43. The Morgan fingerprint density at radius 2 is 2.12 bits per heavy atom. The van der Waals surface area contributed by atoms with Crippen molar-refractivity contribution in [3.63, 3.8) is 0 Å². The lowest BCUT2D eigenvalue weighted by molar-refractivity contribution is -0.00448. The number of morpholine rings is 1. The van der Waals surface area contributed by atoms with E-state index in [1.807, 2.05) is 36.4 Å². The Morgan fingerprint density at radius 1 is 1.32 bits per heavy atom. The van der Waals surface area contributed by atoms with E-state index in [2.05, 4.69) is 15.1 Å². The van der Waals surface area contributed by atoms with Crippen molar-refractivity contribution in [2.75, 3.05) is 19.8 Å². The fourth-order valence-electron chi connectivity index (χ4n) is 3.23. The molecule has 2 aromatic rings. The summed E-state index contributed by atoms with van der Waals surface area (Å²) in [7, 11) is 0. The zero-order chi connectivity index (χ0) is 17.8. The fourth-order valence-corrected chi connectivity index (χ4v) is 3.23. The Hall–Kier alpha value is -2.28. The molecule has 3 heterocycles. The van der Waals surface area contributed by atoms with Crippen LogP contribution in [0.2, 0.25) is 0 Å². The second-order valence-corrected chi connectivity index (χ2v) is 6.34. The van der Waals surface area contributed by atoms with E-state index < -0.39 is 0 Å². The van der Waals surface area contributed by atoms with Gasteiger partial charge in [0.05, 0.1) is 30.6 Å². The zero-order valence-electron chi connectivity index (χ0n) is 15.1. The van der Waals surface area contributed by atoms with E-state index in [9.17, 15) is 4.79 Å². The SMILES string of the molecule is CCn1nc(C(=O)N2CCOC[C@@H]2CCc2nccnc2C)cc1C. The maximum atomic E-state index is 12.9. The third-order valence-electron chi connectivity index (χ3n) is 4.69. The lowest BCUT2D eigenvalue weighted by Crippen LogP contribution is -2.49. The van der Waals surface area contributed by atoms with Gasteiger partial charge in [0.1, 0.15) is 0 Å². The minimum Gasteiger partial charge on any atom is -0.377 e. The molecule has 0 saturated carbocycles. The predicted molar refractivity (Wildman–Crippen MR) is 93.4 cm³/mol. The molecular formula is C18H25N5O2. The van der Waals surface area contributed by atoms with Crippen molar-refractivity contribution in [2.24, 2.45) is 0 Å². The van der Waals surface area contributed by atoms with Crippen LogP contribution in [0.25, 0.3) is 0 Å². The number of carbonyl (C=O) groups excluding carboxylic acids is 1. The van der Waals surface area contributed by atoms with Crippen LogP contribution in [0.4, 0.5) is 0 Å². The highest BCUT2D eigenvalue weighted by Crippen LogP contribution is 2.17. The second-order valence-electron chi connectivity index (χ2n) is 6.34. The Balaban J connectivity index is 1.71. The van der Waals surface area contributed by atoms with Crippen molar-refractivity contribution >= 4 is 5.91 Å². The second kappa shape index (κ2) is 7.74. The van der Waals surface area contributed by atoms with Gasteiger partial charge in [0.25, 0.3) is 5.91 Å². The van der Waals surface area contributed by atoms with Crippen molar-refractivity contribution in [3.05, 3.63) is 41.2 Å². The first-order valence-electron chi connectivity index (χ1n) is 8.79. The normalized spacial score (nSPS) is 17.7. The molecule has 0 radical (unpaired) electrons. The third-order valence-corrected chi connectivity index (χ3v) is 4.69. The average Bonchev–Trinajstić information content (AvgIpc) is 3.01. The Bertz CT molecular complexity index is 743. The van der Waals surface area contributed by atoms with Crippen molar-refractivity contribution < 1.29 is 9.53 Å². The topological polar surface area (TPSA) is 73.1 Å². The molecule has 1 aliphatic heterocycles. The van der Waals surface area contributed by atoms with Crippen LogP contribution in [0.5, 0.6) is 0 Å². The fraction of sp³-hybridized carbons (Fsp3) is 0.556. The molecule has 1 aliphatic rings. The van der Waals surface area contributed by atoms with Gasteiger partial charge in [-0.3, -0.25) is 19.4 Å². The lowest BCUT2D eigenvalue weighted by Gasteiger charge is -2.35. The summed E-state index contributed by atoms with van der Waals surface area (Å²) in [5.74, 6) is -0.0144. The van der Waals surface area contributed by atoms with Crippen LogP contribution in [0, 0.1) is 13.8 Å². The monoisotopic (exact) mass is 343 g/mol. The number of rotatable bonds is 5. The molecule has 7 nitrogen and oxygen atoms in total. The quantitative estimate of drug-likeness (QED) is 0.827. The molecule has 3 rings (SSSR count). The van der Waals surface area contributed by atoms with E-state index in [1.54, 1.807) is 12.4 Å². The maximum absolute atomic E-state index is 12.9. The predicted octanol–water partition coefficient (Wildman–Crippen LogP) is 1.78. The molecular weight excluding hydrogens is 318 g/mol. The van der Waals surface area contributed by atoms with Gasteiger partial charge in [0, 0.05) is 31.2 Å². The van der Waals surface area contributed by atoms with Crippen LogP contribution in [0.15, 0.2) is 18.5 Å². The Kier molecular flexibility index (Phi) is 5.43. The first-order valence-corrected chi connectivity index (χ1v) is 8.79. The van der Waals surface area contributed by atoms with E-state index in [-0.39, 0.29) is 11.9 Å². The molecule has 2 aromatic heterocycles. The number of aryl methyl sites for hydroxylation is 4. The molecule has 0 aromatic carbocycles. The maximum Gasteiger partial charge on any atom is 0.274 e. The van der Waals surface area contributed by atoms with E-state index in [0.717, 1.165) is 36.5 Å². The summed E-state index contributed by atoms with van der Waals surface area (Å²) in [5.41, 5.74) is 3.44. The smallest absolute Gasteiger partial charge is 0.274 e. The largest absolute Gasteiger partial charge is 0.377 e. The summed E-state index contributed by atoms with van der Waals surface area (Å²) in [6.07, 6.45) is 4.99. The molecule has 7 heteroatoms. The molecule has 0 unspecified atom stereocenters. The van der Waals surface area contributed by atoms with Crippen LogP contribution in [-0.4, -0.2) is 56.4 Å². The molecule has 0 bridgehead atoms. The zero-order valence-corrected chi connectivity index (χ0v) is 15.1. The lowest BCUT2D eigenvalue weighted by atomic mass is 10.1. The summed E-state index contributed by atoms with van der Waals surface area (Å²) in [6, 6.07) is 1.90. The molecule has 1 fully saturated rings. The number of amides is 1. The first kappa shape index (κ1) is 17.5. The van der Waals surface area contributed by atoms with Gasteiger partial charge in [0.15, 0.2) is 5.69 Å². The van der Waals surface area contributed by atoms with E-state index in [4.69, 9.17) is 4.74 Å². The molecule has 0 aliphatic carbocycles. The molecule has 25 heavy (non-hydrogen) atoms. The molecule has 1 amide bonds. The number of carbonyl (C=O) groups is 1. The Morgan fingerprint density at radius 3 is 2.84 bits per heavy atom. The standard InChI is InChI=1S/C18H25N5O2/c1-4-23-13(2)11-17(21-23)18(24)22-9-10-25-12-15(22)5-6-16-14(3)19-7-8-20-16/h7-8,11,15H,4-6,9-10,12H2,1-3H3/t15-/m0/s1. The first-order chi connectivity index (χ1) is 12.1. The summed E-state index contributed by atoms with van der Waals surface area (Å²) in [6.45, 7) is 8.44. The average molecular weight is 343 g/mol. The molecule has 1 atom stereocenters. The summed E-state index contributed by atoms with van der Waals surface area (Å²) < 4.78 is 7.46. The van der Waals surface area contributed by atoms with Gasteiger partial charge in [0.2, 0.25) is 0 Å². The molecule has 0 N–H and O–H groups in total. The highest BCUT2D eigenvalue weighted by Gasteiger charge is 2.29. The van der Waals surface area contributed by atoms with Gasteiger partial charge >= 0.3 is 0 Å². The molecule has 1 saturated heterocycles. The van der Waals surface area contributed by atoms with Crippen molar-refractivity contribution in [1.82, 2.24) is 24.6 Å². The molecule has 0 spiro atoms. The van der Waals surface area contributed by atoms with Crippen LogP contribution in [0.1, 0.15) is 40.9 Å². The van der Waals surface area contributed by atoms with Crippen LogP contribution >= 0.6 is 0 Å². The van der Waals surface area contributed by atoms with Crippen molar-refractivity contribution in [2.45, 2.75) is 46.2 Å². The van der Waals surface area contributed by atoms with Crippen LogP contribution < -0.4 is 0 Å². The van der Waals surface area contributed by atoms with Gasteiger partial charge < -0.3 is 9.64 Å². The Labute approximate surface area is 148 Å². The number of hydrogen-bond donors (Lipinski definition) is 0. The van der Waals surface area contributed by atoms with Crippen molar-refractivity contribution in [1.29, 1.82) is 0 Å². The van der Waals surface area contributed by atoms with Crippen LogP contribution in [-0.2, 0) is 17.7 Å². The minimum atomic E-state index is -0.0144. The van der Waals surface area contributed by atoms with E-state index in [1.165, 1.54) is 0 Å². The number of hydrogen-bond acceptors (Lipinski definition) is 5. The molecule has 134 valence electrons. The highest BCUT2D eigenvalue weighted by molar-refractivity contribution is 5.92. The highest BCUT2D eigenvalue weighted by atomic mass is 16.5. The summed E-state index contributed by atoms with van der Waals surface area (Å²) >= 11 is 0. The third kappa shape index (κ3) is 3.87. The minimum absolute atomic E-state index is 0.0144. The van der Waals surface area contributed by atoms with Crippen molar-refractivity contribution in [3.8, 4) is 0 Å². The van der Waals surface area contributed by atoms with Gasteiger partial charge in [-0.25, -0.2) is 0 Å². The van der Waals surface area contributed by atoms with Gasteiger partial charge in [-0.15, -0.1) is 0 Å². The van der Waals surface area contributed by atoms with E-state index in [0.29, 0.717) is 25.5 Å². The summed E-state index contributed by atoms with van der Waals surface area (Å²) in [4.78, 5) is 23.5. The van der Waals surface area contributed by atoms with Gasteiger partial charge in [-0.05, 0) is 39.7 Å².